The Balaban J connectivity index is 1.47. The average Bonchev–Trinajstić information content (AvgIpc) is 3.01. The van der Waals surface area contributed by atoms with Crippen LogP contribution in [0.15, 0.2) is 12.4 Å². The summed E-state index contributed by atoms with van der Waals surface area (Å²) in [6.45, 7) is 3.15. The molecule has 4 heterocycles. The number of carbonyl (C=O) groups excluding carboxylic acids is 1. The van der Waals surface area contributed by atoms with Crippen LogP contribution in [-0.4, -0.2) is 77.8 Å². The van der Waals surface area contributed by atoms with Gasteiger partial charge in [-0.3, -0.25) is 15.1 Å². The van der Waals surface area contributed by atoms with Gasteiger partial charge in [0.15, 0.2) is 5.75 Å². The van der Waals surface area contributed by atoms with E-state index in [0.29, 0.717) is 29.5 Å². The maximum atomic E-state index is 13.1. The number of hydrazine groups is 1. The van der Waals surface area contributed by atoms with Gasteiger partial charge >= 0.3 is 0 Å². The molecule has 0 aromatic carbocycles. The number of halogens is 2. The summed E-state index contributed by atoms with van der Waals surface area (Å²) in [4.78, 5) is 19.5. The number of carbonyl (C=O) groups is 1. The summed E-state index contributed by atoms with van der Waals surface area (Å²) < 4.78 is 6.17. The van der Waals surface area contributed by atoms with Crippen molar-refractivity contribution in [2.45, 2.75) is 36.7 Å². The molecular weight excluding hydrogens is 417 g/mol. The van der Waals surface area contributed by atoms with Crippen molar-refractivity contribution in [3.63, 3.8) is 0 Å². The smallest absolute Gasteiger partial charge is 0.233 e. The van der Waals surface area contributed by atoms with Crippen LogP contribution in [-0.2, 0) is 4.79 Å². The summed E-state index contributed by atoms with van der Waals surface area (Å²) in [6, 6.07) is 0. The molecule has 3 aliphatic heterocycles. The fourth-order valence-corrected chi connectivity index (χ4v) is 4.54. The van der Waals surface area contributed by atoms with Crippen molar-refractivity contribution in [1.82, 2.24) is 25.6 Å². The maximum absolute atomic E-state index is 13.1. The highest BCUT2D eigenvalue weighted by molar-refractivity contribution is 6.32. The first kappa shape index (κ1) is 21.0. The number of rotatable bonds is 4. The molecule has 1 aromatic rings. The zero-order chi connectivity index (χ0) is 20.5. The Hall–Kier alpha value is -1.20. The minimum atomic E-state index is -0.528. The van der Waals surface area contributed by atoms with Gasteiger partial charge < -0.3 is 20.7 Å². The zero-order valence-electron chi connectivity index (χ0n) is 16.3. The Kier molecular flexibility index (Phi) is 6.45. The second-order valence-corrected chi connectivity index (χ2v) is 8.92. The fourth-order valence-electron chi connectivity index (χ4n) is 4.10. The van der Waals surface area contributed by atoms with Crippen molar-refractivity contribution < 1.29 is 9.53 Å². The summed E-state index contributed by atoms with van der Waals surface area (Å²) in [5.74, 6) is -0.275. The number of amides is 1. The SMILES string of the molecule is CN1CCC(Oc2c(Cl)cncc2NC(=O)C2C(N)NN3CC(Cl)CNC23)CC1. The van der Waals surface area contributed by atoms with Crippen molar-refractivity contribution in [3.8, 4) is 5.75 Å². The number of aromatic nitrogens is 1. The van der Waals surface area contributed by atoms with E-state index in [1.807, 2.05) is 5.01 Å². The van der Waals surface area contributed by atoms with Gasteiger partial charge in [-0.2, -0.15) is 0 Å². The summed E-state index contributed by atoms with van der Waals surface area (Å²) in [5, 5.41) is 8.43. The molecule has 9 nitrogen and oxygen atoms in total. The van der Waals surface area contributed by atoms with Crippen LogP contribution in [0, 0.1) is 5.92 Å². The number of pyridine rings is 1. The molecule has 0 saturated carbocycles. The highest BCUT2D eigenvalue weighted by atomic mass is 35.5. The molecule has 29 heavy (non-hydrogen) atoms. The van der Waals surface area contributed by atoms with Gasteiger partial charge in [-0.1, -0.05) is 11.6 Å². The number of likely N-dealkylation sites (tertiary alicyclic amines) is 1. The number of fused-ring (bicyclic) bond motifs is 1. The van der Waals surface area contributed by atoms with Gasteiger partial charge in [0.2, 0.25) is 5.91 Å². The van der Waals surface area contributed by atoms with E-state index >= 15 is 0 Å². The summed E-state index contributed by atoms with van der Waals surface area (Å²) in [5.41, 5.74) is 9.78. The monoisotopic (exact) mass is 443 g/mol. The predicted octanol–water partition coefficient (Wildman–Crippen LogP) is 0.404. The van der Waals surface area contributed by atoms with Crippen LogP contribution in [0.2, 0.25) is 5.02 Å². The number of nitrogens with one attached hydrogen (secondary N) is 3. The van der Waals surface area contributed by atoms with E-state index < -0.39 is 12.1 Å². The van der Waals surface area contributed by atoms with Crippen LogP contribution in [0.3, 0.4) is 0 Å². The molecule has 4 atom stereocenters. The Labute approximate surface area is 180 Å². The molecule has 1 aromatic heterocycles. The van der Waals surface area contributed by atoms with Gasteiger partial charge in [0.1, 0.15) is 16.8 Å². The Morgan fingerprint density at radius 1 is 1.38 bits per heavy atom. The number of anilines is 1. The standard InChI is InChI=1S/C18H27Cl2N7O2/c1-26-4-2-11(3-5-26)29-15-12(20)7-22-8-13(15)24-18(28)14-16(21)25-27-9-10(19)6-23-17(14)27/h7-8,10-11,14,16-17,23,25H,2-6,9,21H2,1H3,(H,24,28). The van der Waals surface area contributed by atoms with Crippen molar-refractivity contribution in [1.29, 1.82) is 0 Å². The summed E-state index contributed by atoms with van der Waals surface area (Å²) >= 11 is 12.6. The van der Waals surface area contributed by atoms with E-state index in [1.165, 1.54) is 6.20 Å². The number of nitrogens with two attached hydrogens (primary N) is 1. The van der Waals surface area contributed by atoms with Crippen LogP contribution in [0.5, 0.6) is 5.75 Å². The molecule has 0 bridgehead atoms. The fraction of sp³-hybridized carbons (Fsp3) is 0.667. The predicted molar refractivity (Wildman–Crippen MR) is 112 cm³/mol. The third-order valence-electron chi connectivity index (χ3n) is 5.68. The zero-order valence-corrected chi connectivity index (χ0v) is 17.8. The lowest BCUT2D eigenvalue weighted by molar-refractivity contribution is -0.121. The highest BCUT2D eigenvalue weighted by Gasteiger charge is 2.46. The molecule has 3 aliphatic rings. The molecule has 4 rings (SSSR count). The number of alkyl halides is 1. The first-order valence-electron chi connectivity index (χ1n) is 9.88. The maximum Gasteiger partial charge on any atom is 0.233 e. The third kappa shape index (κ3) is 4.61. The lowest BCUT2D eigenvalue weighted by atomic mass is 10.0. The second-order valence-electron chi connectivity index (χ2n) is 7.89. The van der Waals surface area contributed by atoms with Crippen LogP contribution in [0.4, 0.5) is 5.69 Å². The van der Waals surface area contributed by atoms with E-state index in [9.17, 15) is 4.79 Å². The molecular formula is C18H27Cl2N7O2. The van der Waals surface area contributed by atoms with E-state index in [2.05, 4.69) is 33.0 Å². The molecule has 11 heteroatoms. The van der Waals surface area contributed by atoms with E-state index in [1.54, 1.807) is 6.20 Å². The second kappa shape index (κ2) is 8.89. The molecule has 4 unspecified atom stereocenters. The largest absolute Gasteiger partial charge is 0.486 e. The van der Waals surface area contributed by atoms with E-state index in [4.69, 9.17) is 33.7 Å². The average molecular weight is 444 g/mol. The Morgan fingerprint density at radius 2 is 2.14 bits per heavy atom. The number of piperidine rings is 1. The molecule has 3 fully saturated rings. The minimum Gasteiger partial charge on any atom is -0.486 e. The quantitative estimate of drug-likeness (QED) is 0.495. The lowest BCUT2D eigenvalue weighted by Crippen LogP contribution is -2.58. The van der Waals surface area contributed by atoms with Crippen LogP contribution in [0.25, 0.3) is 0 Å². The van der Waals surface area contributed by atoms with Crippen molar-refractivity contribution in [2.24, 2.45) is 11.7 Å². The Bertz CT molecular complexity index is 747. The van der Waals surface area contributed by atoms with E-state index in [-0.39, 0.29) is 23.6 Å². The van der Waals surface area contributed by atoms with Crippen LogP contribution < -0.4 is 26.5 Å². The van der Waals surface area contributed by atoms with Gasteiger partial charge in [0, 0.05) is 32.4 Å². The molecule has 0 aliphatic carbocycles. The van der Waals surface area contributed by atoms with Gasteiger partial charge in [-0.25, -0.2) is 10.4 Å². The summed E-state index contributed by atoms with van der Waals surface area (Å²) in [7, 11) is 2.09. The number of hydrogen-bond acceptors (Lipinski definition) is 8. The summed E-state index contributed by atoms with van der Waals surface area (Å²) in [6.07, 6.45) is 4.18. The molecule has 0 radical (unpaired) electrons. The topological polar surface area (TPSA) is 108 Å². The first-order chi connectivity index (χ1) is 13.9. The number of ether oxygens (including phenoxy) is 1. The molecule has 1 amide bonds. The minimum absolute atomic E-state index is 0.0422. The van der Waals surface area contributed by atoms with Crippen LogP contribution in [0.1, 0.15) is 12.8 Å². The number of nitrogens with zero attached hydrogens (tertiary/aromatic N) is 3. The lowest BCUT2D eigenvalue weighted by Gasteiger charge is -2.34. The molecule has 0 spiro atoms. The Morgan fingerprint density at radius 3 is 2.90 bits per heavy atom. The van der Waals surface area contributed by atoms with Gasteiger partial charge in [-0.15, -0.1) is 11.6 Å². The van der Waals surface area contributed by atoms with Crippen molar-refractivity contribution in [3.05, 3.63) is 17.4 Å². The van der Waals surface area contributed by atoms with E-state index in [0.717, 1.165) is 25.9 Å². The van der Waals surface area contributed by atoms with Gasteiger partial charge in [0.25, 0.3) is 0 Å². The number of hydrogen-bond donors (Lipinski definition) is 4. The molecule has 3 saturated heterocycles. The first-order valence-corrected chi connectivity index (χ1v) is 10.7. The normalized spacial score (nSPS) is 31.4. The molecule has 160 valence electrons. The third-order valence-corrected chi connectivity index (χ3v) is 6.25. The van der Waals surface area contributed by atoms with Gasteiger partial charge in [-0.05, 0) is 19.9 Å². The molecule has 5 N–H and O–H groups in total. The van der Waals surface area contributed by atoms with Gasteiger partial charge in [0.05, 0.1) is 29.8 Å². The highest BCUT2D eigenvalue weighted by Crippen LogP contribution is 2.35. The van der Waals surface area contributed by atoms with Crippen molar-refractivity contribution in [2.75, 3.05) is 38.5 Å². The van der Waals surface area contributed by atoms with Crippen molar-refractivity contribution >= 4 is 34.8 Å². The van der Waals surface area contributed by atoms with Crippen LogP contribution >= 0.6 is 23.2 Å².